The third-order valence-electron chi connectivity index (χ3n) is 4.03. The zero-order chi connectivity index (χ0) is 13.7. The lowest BCUT2D eigenvalue weighted by molar-refractivity contribution is 0.186. The van der Waals surface area contributed by atoms with Crippen LogP contribution in [0.25, 0.3) is 0 Å². The number of hydrogen-bond donors (Lipinski definition) is 1. The number of nitrogens with zero attached hydrogens (tertiary/aromatic N) is 1. The molecule has 2 unspecified atom stereocenters. The molecular formula is C16H26N2O. The number of rotatable bonds is 6. The topological polar surface area (TPSA) is 24.5 Å². The van der Waals surface area contributed by atoms with E-state index in [9.17, 15) is 0 Å². The Morgan fingerprint density at radius 2 is 2.21 bits per heavy atom. The molecule has 2 rings (SSSR count). The second-order valence-electron chi connectivity index (χ2n) is 5.24. The Morgan fingerprint density at radius 3 is 2.95 bits per heavy atom. The van der Waals surface area contributed by atoms with Crippen molar-refractivity contribution in [2.24, 2.45) is 0 Å². The summed E-state index contributed by atoms with van der Waals surface area (Å²) in [4.78, 5) is 2.61. The lowest BCUT2D eigenvalue weighted by atomic mass is 10.0. The number of para-hydroxylation sites is 1. The summed E-state index contributed by atoms with van der Waals surface area (Å²) < 4.78 is 5.77. The van der Waals surface area contributed by atoms with E-state index in [1.807, 2.05) is 14.0 Å². The Morgan fingerprint density at radius 1 is 1.42 bits per heavy atom. The van der Waals surface area contributed by atoms with Crippen molar-refractivity contribution in [1.29, 1.82) is 0 Å². The third kappa shape index (κ3) is 3.28. The van der Waals surface area contributed by atoms with Crippen LogP contribution < -0.4 is 10.1 Å². The molecule has 1 aliphatic rings. The number of ether oxygens (including phenoxy) is 1. The largest absolute Gasteiger partial charge is 0.494 e. The predicted octanol–water partition coefficient (Wildman–Crippen LogP) is 2.83. The molecule has 1 aromatic carbocycles. The van der Waals surface area contributed by atoms with Crippen molar-refractivity contribution in [2.45, 2.75) is 38.8 Å². The standard InChI is InChI=1S/C16H26N2O/c1-4-19-16-10-6-5-9-15(16)13(2)18-11-7-8-14(18)12-17-3/h5-6,9-10,13-14,17H,4,7-8,11-12H2,1-3H3. The van der Waals surface area contributed by atoms with Gasteiger partial charge in [0, 0.05) is 24.2 Å². The molecule has 19 heavy (non-hydrogen) atoms. The zero-order valence-corrected chi connectivity index (χ0v) is 12.4. The molecule has 106 valence electrons. The van der Waals surface area contributed by atoms with Crippen LogP contribution in [0, 0.1) is 0 Å². The van der Waals surface area contributed by atoms with Crippen LogP contribution in [0.1, 0.15) is 38.3 Å². The Bertz CT molecular complexity index is 394. The van der Waals surface area contributed by atoms with Gasteiger partial charge in [-0.1, -0.05) is 18.2 Å². The lowest BCUT2D eigenvalue weighted by Gasteiger charge is -2.31. The molecule has 0 aliphatic carbocycles. The summed E-state index contributed by atoms with van der Waals surface area (Å²) in [6.07, 6.45) is 2.59. The first-order valence-electron chi connectivity index (χ1n) is 7.40. The van der Waals surface area contributed by atoms with Gasteiger partial charge in [0.1, 0.15) is 5.75 Å². The summed E-state index contributed by atoms with van der Waals surface area (Å²) in [5, 5.41) is 3.31. The Balaban J connectivity index is 2.16. The van der Waals surface area contributed by atoms with Crippen LogP contribution in [0.15, 0.2) is 24.3 Å². The number of likely N-dealkylation sites (tertiary alicyclic amines) is 1. The summed E-state index contributed by atoms with van der Waals surface area (Å²) in [6.45, 7) is 7.33. The minimum absolute atomic E-state index is 0.420. The molecule has 0 bridgehead atoms. The molecule has 0 aromatic heterocycles. The number of nitrogens with one attached hydrogen (secondary N) is 1. The van der Waals surface area contributed by atoms with Gasteiger partial charge in [0.15, 0.2) is 0 Å². The van der Waals surface area contributed by atoms with Crippen LogP contribution in [-0.4, -0.2) is 37.7 Å². The van der Waals surface area contributed by atoms with Gasteiger partial charge in [-0.2, -0.15) is 0 Å². The van der Waals surface area contributed by atoms with E-state index in [1.54, 1.807) is 0 Å². The minimum atomic E-state index is 0.420. The van der Waals surface area contributed by atoms with E-state index in [0.29, 0.717) is 12.1 Å². The van der Waals surface area contributed by atoms with Crippen LogP contribution >= 0.6 is 0 Å². The molecule has 1 fully saturated rings. The molecule has 3 heteroatoms. The summed E-state index contributed by atoms with van der Waals surface area (Å²) in [5.74, 6) is 1.03. The van der Waals surface area contributed by atoms with Gasteiger partial charge in [-0.05, 0) is 46.3 Å². The highest BCUT2D eigenvalue weighted by atomic mass is 16.5. The van der Waals surface area contributed by atoms with E-state index < -0.39 is 0 Å². The molecule has 1 heterocycles. The highest BCUT2D eigenvalue weighted by Gasteiger charge is 2.29. The van der Waals surface area contributed by atoms with E-state index in [1.165, 1.54) is 24.9 Å². The Hall–Kier alpha value is -1.06. The van der Waals surface area contributed by atoms with E-state index in [2.05, 4.69) is 41.4 Å². The van der Waals surface area contributed by atoms with E-state index in [-0.39, 0.29) is 0 Å². The van der Waals surface area contributed by atoms with E-state index in [4.69, 9.17) is 4.74 Å². The van der Waals surface area contributed by atoms with Crippen molar-refractivity contribution in [3.8, 4) is 5.75 Å². The summed E-state index contributed by atoms with van der Waals surface area (Å²) >= 11 is 0. The first-order chi connectivity index (χ1) is 9.27. The van der Waals surface area contributed by atoms with E-state index in [0.717, 1.165) is 18.9 Å². The fourth-order valence-corrected chi connectivity index (χ4v) is 3.11. The average molecular weight is 262 g/mol. The maximum absolute atomic E-state index is 5.77. The van der Waals surface area contributed by atoms with Gasteiger partial charge in [0.2, 0.25) is 0 Å². The number of benzene rings is 1. The van der Waals surface area contributed by atoms with Crippen molar-refractivity contribution < 1.29 is 4.74 Å². The lowest BCUT2D eigenvalue weighted by Crippen LogP contribution is -2.38. The van der Waals surface area contributed by atoms with Crippen molar-refractivity contribution in [2.75, 3.05) is 26.7 Å². The summed E-state index contributed by atoms with van der Waals surface area (Å²) in [7, 11) is 2.04. The molecule has 1 N–H and O–H groups in total. The van der Waals surface area contributed by atoms with Crippen molar-refractivity contribution >= 4 is 0 Å². The van der Waals surface area contributed by atoms with Crippen LogP contribution in [0.5, 0.6) is 5.75 Å². The molecule has 1 saturated heterocycles. The van der Waals surface area contributed by atoms with Gasteiger partial charge in [0.05, 0.1) is 6.61 Å². The monoisotopic (exact) mass is 262 g/mol. The molecule has 0 radical (unpaired) electrons. The third-order valence-corrected chi connectivity index (χ3v) is 4.03. The molecule has 0 saturated carbocycles. The van der Waals surface area contributed by atoms with Gasteiger partial charge in [-0.25, -0.2) is 0 Å². The molecular weight excluding hydrogens is 236 g/mol. The molecule has 0 amide bonds. The van der Waals surface area contributed by atoms with Crippen molar-refractivity contribution in [3.05, 3.63) is 29.8 Å². The highest BCUT2D eigenvalue weighted by molar-refractivity contribution is 5.35. The van der Waals surface area contributed by atoms with Crippen molar-refractivity contribution in [3.63, 3.8) is 0 Å². The Labute approximate surface area is 116 Å². The van der Waals surface area contributed by atoms with Gasteiger partial charge in [-0.15, -0.1) is 0 Å². The fourth-order valence-electron chi connectivity index (χ4n) is 3.11. The van der Waals surface area contributed by atoms with E-state index >= 15 is 0 Å². The maximum Gasteiger partial charge on any atom is 0.124 e. The van der Waals surface area contributed by atoms with Crippen LogP contribution in [0.3, 0.4) is 0 Å². The summed E-state index contributed by atoms with van der Waals surface area (Å²) in [6, 6.07) is 9.51. The van der Waals surface area contributed by atoms with Gasteiger partial charge < -0.3 is 10.1 Å². The smallest absolute Gasteiger partial charge is 0.124 e. The predicted molar refractivity (Wildman–Crippen MR) is 79.7 cm³/mol. The first kappa shape index (κ1) is 14.4. The Kier molecular flexibility index (Phi) is 5.23. The van der Waals surface area contributed by atoms with Crippen LogP contribution in [-0.2, 0) is 0 Å². The SMILES string of the molecule is CCOc1ccccc1C(C)N1CCCC1CNC. The van der Waals surface area contributed by atoms with Crippen LogP contribution in [0.2, 0.25) is 0 Å². The summed E-state index contributed by atoms with van der Waals surface area (Å²) in [5.41, 5.74) is 1.31. The fraction of sp³-hybridized carbons (Fsp3) is 0.625. The zero-order valence-electron chi connectivity index (χ0n) is 12.4. The molecule has 1 aromatic rings. The highest BCUT2D eigenvalue weighted by Crippen LogP contribution is 2.33. The van der Waals surface area contributed by atoms with Crippen molar-refractivity contribution in [1.82, 2.24) is 10.2 Å². The first-order valence-corrected chi connectivity index (χ1v) is 7.40. The quantitative estimate of drug-likeness (QED) is 0.853. The van der Waals surface area contributed by atoms with Gasteiger partial charge >= 0.3 is 0 Å². The number of hydrogen-bond acceptors (Lipinski definition) is 3. The minimum Gasteiger partial charge on any atom is -0.494 e. The second-order valence-corrected chi connectivity index (χ2v) is 5.24. The molecule has 0 spiro atoms. The van der Waals surface area contributed by atoms with Crippen LogP contribution in [0.4, 0.5) is 0 Å². The van der Waals surface area contributed by atoms with Gasteiger partial charge in [-0.3, -0.25) is 4.90 Å². The number of likely N-dealkylation sites (N-methyl/N-ethyl adjacent to an activating group) is 1. The normalized spacial score (nSPS) is 21.5. The average Bonchev–Trinajstić information content (AvgIpc) is 2.88. The molecule has 2 atom stereocenters. The molecule has 3 nitrogen and oxygen atoms in total. The van der Waals surface area contributed by atoms with Gasteiger partial charge in [0.25, 0.3) is 0 Å². The second kappa shape index (κ2) is 6.92. The molecule has 1 aliphatic heterocycles. The maximum atomic E-state index is 5.77.